The Hall–Kier alpha value is -0.160. The van der Waals surface area contributed by atoms with Crippen LogP contribution in [-0.4, -0.2) is 25.4 Å². The highest BCUT2D eigenvalue weighted by molar-refractivity contribution is 4.57. The van der Waals surface area contributed by atoms with Crippen LogP contribution in [0.2, 0.25) is 0 Å². The summed E-state index contributed by atoms with van der Waals surface area (Å²) < 4.78 is 0. The van der Waals surface area contributed by atoms with Gasteiger partial charge in [0.05, 0.1) is 25.4 Å². The zero-order valence-corrected chi connectivity index (χ0v) is 18.4. The highest BCUT2D eigenvalue weighted by atomic mass is 17.2. The molecule has 0 radical (unpaired) electrons. The molecule has 0 aliphatic heterocycles. The van der Waals surface area contributed by atoms with E-state index in [0.717, 1.165) is 25.7 Å². The zero-order chi connectivity index (χ0) is 19.6. The molecule has 4 heteroatoms. The molecular formula is C22H46O4. The van der Waals surface area contributed by atoms with Crippen molar-refractivity contribution >= 4 is 0 Å². The van der Waals surface area contributed by atoms with Gasteiger partial charge in [-0.05, 0) is 51.4 Å². The first-order chi connectivity index (χ1) is 12.6. The first-order valence-corrected chi connectivity index (χ1v) is 11.1. The van der Waals surface area contributed by atoms with E-state index in [4.69, 9.17) is 19.6 Å². The quantitative estimate of drug-likeness (QED) is 0.182. The van der Waals surface area contributed by atoms with E-state index in [2.05, 4.69) is 41.5 Å². The lowest BCUT2D eigenvalue weighted by Crippen LogP contribution is -2.18. The summed E-state index contributed by atoms with van der Waals surface area (Å²) in [4.78, 5) is 22.0. The average Bonchev–Trinajstić information content (AvgIpc) is 2.65. The van der Waals surface area contributed by atoms with Gasteiger partial charge in [-0.3, -0.25) is 0 Å². The van der Waals surface area contributed by atoms with Crippen molar-refractivity contribution in [2.75, 3.05) is 13.2 Å². The fraction of sp³-hybridized carbons (Fsp3) is 1.00. The molecule has 0 spiro atoms. The van der Waals surface area contributed by atoms with Crippen LogP contribution < -0.4 is 0 Å². The van der Waals surface area contributed by atoms with Crippen LogP contribution in [0.15, 0.2) is 0 Å². The predicted octanol–water partition coefficient (Wildman–Crippen LogP) is 6.87. The van der Waals surface area contributed by atoms with Crippen LogP contribution in [0.3, 0.4) is 0 Å². The van der Waals surface area contributed by atoms with Gasteiger partial charge in [0.25, 0.3) is 0 Å². The van der Waals surface area contributed by atoms with Gasteiger partial charge < -0.3 is 0 Å². The number of hydrogen-bond acceptors (Lipinski definition) is 4. The highest BCUT2D eigenvalue weighted by Crippen LogP contribution is 2.16. The molecule has 0 aliphatic rings. The highest BCUT2D eigenvalue weighted by Gasteiger charge is 2.12. The van der Waals surface area contributed by atoms with Crippen molar-refractivity contribution < 1.29 is 19.6 Å². The van der Waals surface area contributed by atoms with Gasteiger partial charge in [-0.1, -0.05) is 66.2 Å². The molecule has 0 heterocycles. The van der Waals surface area contributed by atoms with Gasteiger partial charge in [0.2, 0.25) is 0 Å². The number of hydrogen-bond donors (Lipinski definition) is 0. The van der Waals surface area contributed by atoms with E-state index >= 15 is 0 Å². The SMILES string of the molecule is CCCCC(CC)COOC(C)CCC(C)OOCC(CC)CCCC. The Balaban J connectivity index is 3.72. The summed E-state index contributed by atoms with van der Waals surface area (Å²) in [5, 5.41) is 0. The lowest BCUT2D eigenvalue weighted by molar-refractivity contribution is -0.338. The largest absolute Gasteiger partial charge is 0.236 e. The Labute approximate surface area is 163 Å². The molecule has 0 N–H and O–H groups in total. The summed E-state index contributed by atoms with van der Waals surface area (Å²) in [7, 11) is 0. The van der Waals surface area contributed by atoms with Gasteiger partial charge in [-0.15, -0.1) is 0 Å². The normalized spacial score (nSPS) is 16.4. The smallest absolute Gasteiger partial charge is 0.0902 e. The third-order valence-electron chi connectivity index (χ3n) is 5.14. The summed E-state index contributed by atoms with van der Waals surface area (Å²) in [5.74, 6) is 1.22. The van der Waals surface area contributed by atoms with Crippen molar-refractivity contribution in [2.24, 2.45) is 11.8 Å². The van der Waals surface area contributed by atoms with Gasteiger partial charge >= 0.3 is 0 Å². The molecule has 26 heavy (non-hydrogen) atoms. The van der Waals surface area contributed by atoms with Gasteiger partial charge in [0.15, 0.2) is 0 Å². The number of unbranched alkanes of at least 4 members (excludes halogenated alkanes) is 2. The molecule has 0 aromatic rings. The zero-order valence-electron chi connectivity index (χ0n) is 18.4. The molecule has 0 fully saturated rings. The molecule has 4 nitrogen and oxygen atoms in total. The van der Waals surface area contributed by atoms with E-state index in [1.807, 2.05) is 0 Å². The standard InChI is InChI=1S/C22H46O4/c1-7-11-13-21(9-3)17-23-25-19(5)15-16-20(6)26-24-18-22(10-4)14-12-8-2/h19-22H,7-18H2,1-6H3. The Morgan fingerprint density at radius 2 is 0.962 bits per heavy atom. The van der Waals surface area contributed by atoms with E-state index in [9.17, 15) is 0 Å². The summed E-state index contributed by atoms with van der Waals surface area (Å²) >= 11 is 0. The maximum Gasteiger partial charge on any atom is 0.0902 e. The summed E-state index contributed by atoms with van der Waals surface area (Å²) in [6.07, 6.45) is 11.7. The number of rotatable bonds is 19. The van der Waals surface area contributed by atoms with Crippen LogP contribution in [0.5, 0.6) is 0 Å². The molecule has 0 aromatic carbocycles. The van der Waals surface area contributed by atoms with Crippen molar-refractivity contribution in [3.8, 4) is 0 Å². The average molecular weight is 375 g/mol. The minimum Gasteiger partial charge on any atom is -0.236 e. The van der Waals surface area contributed by atoms with Crippen LogP contribution in [0.4, 0.5) is 0 Å². The van der Waals surface area contributed by atoms with Gasteiger partial charge in [-0.2, -0.15) is 0 Å². The van der Waals surface area contributed by atoms with E-state index in [-0.39, 0.29) is 12.2 Å². The fourth-order valence-electron chi connectivity index (χ4n) is 2.87. The van der Waals surface area contributed by atoms with Crippen molar-refractivity contribution in [3.63, 3.8) is 0 Å². The monoisotopic (exact) mass is 374 g/mol. The molecule has 0 aliphatic carbocycles. The van der Waals surface area contributed by atoms with E-state index in [1.165, 1.54) is 38.5 Å². The van der Waals surface area contributed by atoms with Crippen LogP contribution in [0.1, 0.15) is 106 Å². The summed E-state index contributed by atoms with van der Waals surface area (Å²) in [6, 6.07) is 0. The Morgan fingerprint density at radius 1 is 0.577 bits per heavy atom. The molecule has 0 amide bonds. The Bertz CT molecular complexity index is 257. The second-order valence-corrected chi connectivity index (χ2v) is 7.79. The molecule has 0 saturated carbocycles. The Kier molecular flexibility index (Phi) is 18.1. The third-order valence-corrected chi connectivity index (χ3v) is 5.14. The van der Waals surface area contributed by atoms with Crippen molar-refractivity contribution in [1.82, 2.24) is 0 Å². The molecule has 0 rings (SSSR count). The summed E-state index contributed by atoms with van der Waals surface area (Å²) in [6.45, 7) is 14.4. The first kappa shape index (κ1) is 25.8. The molecule has 0 aromatic heterocycles. The van der Waals surface area contributed by atoms with Crippen molar-refractivity contribution in [2.45, 2.75) is 118 Å². The van der Waals surface area contributed by atoms with E-state index in [1.54, 1.807) is 0 Å². The van der Waals surface area contributed by atoms with Crippen LogP contribution in [-0.2, 0) is 19.6 Å². The van der Waals surface area contributed by atoms with E-state index in [0.29, 0.717) is 25.0 Å². The van der Waals surface area contributed by atoms with E-state index < -0.39 is 0 Å². The van der Waals surface area contributed by atoms with Crippen LogP contribution in [0.25, 0.3) is 0 Å². The molecule has 0 bridgehead atoms. The van der Waals surface area contributed by atoms with Gasteiger partial charge in [0, 0.05) is 0 Å². The second-order valence-electron chi connectivity index (χ2n) is 7.79. The van der Waals surface area contributed by atoms with Crippen LogP contribution in [0, 0.1) is 11.8 Å². The minimum atomic E-state index is 0.0812. The molecule has 4 unspecified atom stereocenters. The van der Waals surface area contributed by atoms with Gasteiger partial charge in [0.1, 0.15) is 0 Å². The van der Waals surface area contributed by atoms with Gasteiger partial charge in [-0.25, -0.2) is 19.6 Å². The fourth-order valence-corrected chi connectivity index (χ4v) is 2.87. The third kappa shape index (κ3) is 15.0. The van der Waals surface area contributed by atoms with Crippen LogP contribution >= 0.6 is 0 Å². The lowest BCUT2D eigenvalue weighted by Gasteiger charge is -2.19. The second kappa shape index (κ2) is 18.2. The molecule has 4 atom stereocenters. The minimum absolute atomic E-state index is 0.0812. The maximum absolute atomic E-state index is 5.51. The topological polar surface area (TPSA) is 36.9 Å². The summed E-state index contributed by atoms with van der Waals surface area (Å²) in [5.41, 5.74) is 0. The first-order valence-electron chi connectivity index (χ1n) is 11.1. The predicted molar refractivity (Wildman–Crippen MR) is 109 cm³/mol. The molecule has 158 valence electrons. The Morgan fingerprint density at radius 3 is 1.27 bits per heavy atom. The van der Waals surface area contributed by atoms with Crippen molar-refractivity contribution in [1.29, 1.82) is 0 Å². The van der Waals surface area contributed by atoms with Crippen molar-refractivity contribution in [3.05, 3.63) is 0 Å². The lowest BCUT2D eigenvalue weighted by atomic mass is 10.0. The molecule has 0 saturated heterocycles. The maximum atomic E-state index is 5.51. The molecular weight excluding hydrogens is 328 g/mol.